The molecule has 0 spiro atoms. The summed E-state index contributed by atoms with van der Waals surface area (Å²) >= 11 is 0. The molecule has 140 valence electrons. The van der Waals surface area contributed by atoms with Crippen LogP contribution in [0.5, 0.6) is 0 Å². The molecule has 0 aliphatic carbocycles. The van der Waals surface area contributed by atoms with Crippen molar-refractivity contribution in [2.24, 2.45) is 0 Å². The normalized spacial score (nSPS) is 18.3. The molecule has 5 heteroatoms. The van der Waals surface area contributed by atoms with Gasteiger partial charge in [0, 0.05) is 19.2 Å². The number of quaternary nitrogens is 1. The number of rotatable bonds is 4. The lowest BCUT2D eigenvalue weighted by atomic mass is 9.99. The van der Waals surface area contributed by atoms with Gasteiger partial charge in [-0.15, -0.1) is 0 Å². The molecular formula is C22H28N4O+2. The van der Waals surface area contributed by atoms with Gasteiger partial charge in [0.1, 0.15) is 26.2 Å². The molecule has 1 fully saturated rings. The van der Waals surface area contributed by atoms with Crippen LogP contribution in [0.1, 0.15) is 12.0 Å². The maximum Gasteiger partial charge on any atom is 0.278 e. The summed E-state index contributed by atoms with van der Waals surface area (Å²) < 4.78 is 0. The Morgan fingerprint density at radius 2 is 1.78 bits per heavy atom. The average Bonchev–Trinajstić information content (AvgIpc) is 2.76. The Labute approximate surface area is 160 Å². The smallest absolute Gasteiger partial charge is 0.278 e. The second-order valence-corrected chi connectivity index (χ2v) is 7.35. The molecule has 0 saturated carbocycles. The van der Waals surface area contributed by atoms with E-state index in [0.29, 0.717) is 6.54 Å². The van der Waals surface area contributed by atoms with Gasteiger partial charge in [0.25, 0.3) is 11.7 Å². The van der Waals surface area contributed by atoms with Gasteiger partial charge >= 0.3 is 0 Å². The Morgan fingerprint density at radius 3 is 2.44 bits per heavy atom. The molecule has 2 aliphatic rings. The van der Waals surface area contributed by atoms with E-state index in [1.54, 1.807) is 0 Å². The van der Waals surface area contributed by atoms with Crippen molar-refractivity contribution in [3.8, 4) is 0 Å². The Hall–Kier alpha value is -2.66. The molecule has 1 saturated heterocycles. The molecular weight excluding hydrogens is 336 g/mol. The molecule has 1 aromatic carbocycles. The standard InChI is InChI=1S/C22H26N4O/c27-22(26-12-9-20(10-13-26)19-6-2-1-3-7-19)18-24-14-16-25(17-15-24)21-8-4-5-11-23-21/h1-9,11H,10,12-18H2/p+2. The van der Waals surface area contributed by atoms with Gasteiger partial charge in [0.15, 0.2) is 6.54 Å². The number of pyridine rings is 1. The van der Waals surface area contributed by atoms with Crippen molar-refractivity contribution in [3.63, 3.8) is 0 Å². The molecule has 2 aliphatic heterocycles. The summed E-state index contributed by atoms with van der Waals surface area (Å²) in [6.07, 6.45) is 5.13. The van der Waals surface area contributed by atoms with Gasteiger partial charge < -0.3 is 9.80 Å². The number of hydrogen-bond donors (Lipinski definition) is 1. The fourth-order valence-corrected chi connectivity index (χ4v) is 3.96. The van der Waals surface area contributed by atoms with Crippen LogP contribution in [0.3, 0.4) is 0 Å². The third-order valence-corrected chi connectivity index (χ3v) is 5.61. The highest BCUT2D eigenvalue weighted by molar-refractivity contribution is 5.79. The van der Waals surface area contributed by atoms with Gasteiger partial charge in [-0.1, -0.05) is 42.5 Å². The molecule has 1 amide bonds. The second kappa shape index (κ2) is 8.35. The Balaban J connectivity index is 1.26. The van der Waals surface area contributed by atoms with Crippen molar-refractivity contribution in [1.29, 1.82) is 0 Å². The minimum Gasteiger partial charge on any atom is -0.334 e. The van der Waals surface area contributed by atoms with Crippen LogP contribution in [0.2, 0.25) is 0 Å². The van der Waals surface area contributed by atoms with Crippen LogP contribution in [-0.4, -0.2) is 56.6 Å². The van der Waals surface area contributed by atoms with Crippen molar-refractivity contribution in [3.05, 3.63) is 66.4 Å². The fourth-order valence-electron chi connectivity index (χ4n) is 3.96. The molecule has 3 heterocycles. The predicted molar refractivity (Wildman–Crippen MR) is 106 cm³/mol. The first-order valence-corrected chi connectivity index (χ1v) is 9.87. The summed E-state index contributed by atoms with van der Waals surface area (Å²) in [6, 6.07) is 16.7. The number of carbonyl (C=O) groups is 1. The third-order valence-electron chi connectivity index (χ3n) is 5.61. The number of hydrogen-bond acceptors (Lipinski definition) is 2. The van der Waals surface area contributed by atoms with Crippen LogP contribution in [0.15, 0.2) is 60.8 Å². The van der Waals surface area contributed by atoms with Crippen molar-refractivity contribution in [2.75, 3.05) is 50.7 Å². The summed E-state index contributed by atoms with van der Waals surface area (Å²) in [4.78, 5) is 21.8. The molecule has 1 aromatic heterocycles. The highest BCUT2D eigenvalue weighted by Crippen LogP contribution is 2.21. The lowest BCUT2D eigenvalue weighted by molar-refractivity contribution is -0.892. The Kier molecular flexibility index (Phi) is 5.49. The first-order chi connectivity index (χ1) is 13.3. The molecule has 2 N–H and O–H groups in total. The summed E-state index contributed by atoms with van der Waals surface area (Å²) in [7, 11) is 0. The SMILES string of the molecule is O=C(C[NH+]1CCN(c2cccc[nH+]2)CC1)N1CC=C(c2ccccc2)CC1. The van der Waals surface area contributed by atoms with E-state index in [0.717, 1.165) is 51.5 Å². The number of amides is 1. The molecule has 0 bridgehead atoms. The molecule has 5 nitrogen and oxygen atoms in total. The number of H-pyrrole nitrogens is 1. The van der Waals surface area contributed by atoms with Gasteiger partial charge in [-0.3, -0.25) is 9.69 Å². The topological polar surface area (TPSA) is 42.1 Å². The number of nitrogens with zero attached hydrogens (tertiary/aromatic N) is 2. The average molecular weight is 364 g/mol. The summed E-state index contributed by atoms with van der Waals surface area (Å²) in [5.41, 5.74) is 2.64. The highest BCUT2D eigenvalue weighted by atomic mass is 16.2. The van der Waals surface area contributed by atoms with Crippen molar-refractivity contribution < 1.29 is 14.7 Å². The number of anilines is 1. The summed E-state index contributed by atoms with van der Waals surface area (Å²) in [5.74, 6) is 1.45. The van der Waals surface area contributed by atoms with Crippen LogP contribution in [-0.2, 0) is 4.79 Å². The number of benzene rings is 1. The van der Waals surface area contributed by atoms with Crippen LogP contribution in [0.4, 0.5) is 5.82 Å². The van der Waals surface area contributed by atoms with E-state index in [1.165, 1.54) is 16.0 Å². The summed E-state index contributed by atoms with van der Waals surface area (Å²) in [6.45, 7) is 6.17. The molecule has 0 radical (unpaired) electrons. The number of piperazine rings is 1. The summed E-state index contributed by atoms with van der Waals surface area (Å²) in [5, 5.41) is 0. The monoisotopic (exact) mass is 364 g/mol. The van der Waals surface area contributed by atoms with Gasteiger partial charge in [-0.2, -0.15) is 0 Å². The van der Waals surface area contributed by atoms with E-state index >= 15 is 0 Å². The molecule has 27 heavy (non-hydrogen) atoms. The first-order valence-electron chi connectivity index (χ1n) is 9.87. The highest BCUT2D eigenvalue weighted by Gasteiger charge is 2.29. The molecule has 0 atom stereocenters. The van der Waals surface area contributed by atoms with Crippen molar-refractivity contribution in [1.82, 2.24) is 4.90 Å². The zero-order valence-electron chi connectivity index (χ0n) is 15.7. The van der Waals surface area contributed by atoms with E-state index in [4.69, 9.17) is 0 Å². The van der Waals surface area contributed by atoms with E-state index in [-0.39, 0.29) is 5.91 Å². The Morgan fingerprint density at radius 1 is 1.00 bits per heavy atom. The molecule has 4 rings (SSSR count). The van der Waals surface area contributed by atoms with Gasteiger partial charge in [0.2, 0.25) is 0 Å². The number of aromatic nitrogens is 1. The molecule has 2 aromatic rings. The minimum absolute atomic E-state index is 0.285. The number of nitrogens with one attached hydrogen (secondary N) is 2. The second-order valence-electron chi connectivity index (χ2n) is 7.35. The van der Waals surface area contributed by atoms with Crippen LogP contribution >= 0.6 is 0 Å². The van der Waals surface area contributed by atoms with Crippen molar-refractivity contribution in [2.45, 2.75) is 6.42 Å². The van der Waals surface area contributed by atoms with Gasteiger partial charge in [-0.05, 0) is 23.6 Å². The number of aromatic amines is 1. The Bertz CT molecular complexity index is 782. The zero-order valence-corrected chi connectivity index (χ0v) is 15.7. The fraction of sp³-hybridized carbons (Fsp3) is 0.364. The predicted octanol–water partition coefficient (Wildman–Crippen LogP) is 0.522. The third kappa shape index (κ3) is 4.37. The van der Waals surface area contributed by atoms with E-state index in [9.17, 15) is 4.79 Å². The maximum atomic E-state index is 12.7. The first kappa shape index (κ1) is 17.7. The quantitative estimate of drug-likeness (QED) is 0.860. The van der Waals surface area contributed by atoms with E-state index < -0.39 is 0 Å². The van der Waals surface area contributed by atoms with E-state index in [1.807, 2.05) is 23.2 Å². The van der Waals surface area contributed by atoms with Crippen molar-refractivity contribution >= 4 is 17.3 Å². The van der Waals surface area contributed by atoms with E-state index in [2.05, 4.69) is 52.4 Å². The minimum atomic E-state index is 0.285. The number of carbonyl (C=O) groups excluding carboxylic acids is 1. The zero-order chi connectivity index (χ0) is 18.5. The van der Waals surface area contributed by atoms with Crippen LogP contribution in [0.25, 0.3) is 5.57 Å². The lowest BCUT2D eigenvalue weighted by Gasteiger charge is -2.31. The lowest BCUT2D eigenvalue weighted by Crippen LogP contribution is -3.16. The van der Waals surface area contributed by atoms with Crippen LogP contribution < -0.4 is 14.8 Å². The van der Waals surface area contributed by atoms with Gasteiger partial charge in [-0.25, -0.2) is 4.98 Å². The molecule has 0 unspecified atom stereocenters. The van der Waals surface area contributed by atoms with Crippen LogP contribution in [0, 0.1) is 0 Å². The maximum absolute atomic E-state index is 12.7. The largest absolute Gasteiger partial charge is 0.334 e. The van der Waals surface area contributed by atoms with Gasteiger partial charge in [0.05, 0.1) is 6.20 Å².